The molecule has 24 heavy (non-hydrogen) atoms. The minimum atomic E-state index is -3.67. The average molecular weight is 382 g/mol. The maximum absolute atomic E-state index is 12.6. The molecule has 0 spiro atoms. The van der Waals surface area contributed by atoms with Crippen LogP contribution < -0.4 is 4.72 Å². The first-order valence-corrected chi connectivity index (χ1v) is 9.87. The summed E-state index contributed by atoms with van der Waals surface area (Å²) in [6.45, 7) is 5.66. The highest BCUT2D eigenvalue weighted by molar-refractivity contribution is 7.94. The third-order valence-corrected chi connectivity index (χ3v) is 7.20. The van der Waals surface area contributed by atoms with Crippen molar-refractivity contribution < 1.29 is 8.42 Å². The van der Waals surface area contributed by atoms with Crippen LogP contribution in [0.15, 0.2) is 34.5 Å². The second-order valence-electron chi connectivity index (χ2n) is 5.46. The Labute approximate surface area is 149 Å². The molecule has 126 valence electrons. The molecule has 2 heterocycles. The van der Waals surface area contributed by atoms with Crippen molar-refractivity contribution in [2.24, 2.45) is 0 Å². The maximum Gasteiger partial charge on any atom is 0.271 e. The van der Waals surface area contributed by atoms with E-state index in [1.54, 1.807) is 37.3 Å². The number of H-pyrrole nitrogens is 1. The molecule has 1 aromatic carbocycles. The number of nitrogens with one attached hydrogen (secondary N) is 2. The zero-order valence-electron chi connectivity index (χ0n) is 13.3. The average Bonchev–Trinajstić information content (AvgIpc) is 3.13. The fourth-order valence-electron chi connectivity index (χ4n) is 2.23. The summed E-state index contributed by atoms with van der Waals surface area (Å²) in [4.78, 5) is 0.806. The number of nitrogens with zero attached hydrogens (tertiary/aromatic N) is 1. The van der Waals surface area contributed by atoms with Gasteiger partial charge in [0.2, 0.25) is 0 Å². The molecule has 0 unspecified atom stereocenters. The van der Waals surface area contributed by atoms with Gasteiger partial charge >= 0.3 is 0 Å². The van der Waals surface area contributed by atoms with Gasteiger partial charge in [-0.25, -0.2) is 8.42 Å². The SMILES string of the molecule is Cc1[nH]nc(-c2ccc(S(=O)(=O)Nc3cccc(Cl)c3C)s2)c1C. The molecule has 2 N–H and O–H groups in total. The number of rotatable bonds is 4. The highest BCUT2D eigenvalue weighted by atomic mass is 35.5. The molecule has 0 aliphatic rings. The van der Waals surface area contributed by atoms with E-state index in [1.807, 2.05) is 13.8 Å². The van der Waals surface area contributed by atoms with Crippen molar-refractivity contribution >= 4 is 38.6 Å². The summed E-state index contributed by atoms with van der Waals surface area (Å²) in [6.07, 6.45) is 0. The Kier molecular flexibility index (Phi) is 4.42. The first kappa shape index (κ1) is 17.0. The smallest absolute Gasteiger partial charge is 0.271 e. The Morgan fingerprint density at radius 2 is 1.88 bits per heavy atom. The Morgan fingerprint density at radius 1 is 1.12 bits per heavy atom. The van der Waals surface area contributed by atoms with Gasteiger partial charge in [0.25, 0.3) is 10.0 Å². The van der Waals surface area contributed by atoms with Gasteiger partial charge in [-0.1, -0.05) is 17.7 Å². The summed E-state index contributed by atoms with van der Waals surface area (Å²) in [5.74, 6) is 0. The lowest BCUT2D eigenvalue weighted by molar-refractivity contribution is 0.603. The van der Waals surface area contributed by atoms with Crippen LogP contribution in [0, 0.1) is 20.8 Å². The minimum Gasteiger partial charge on any atom is -0.282 e. The maximum atomic E-state index is 12.6. The molecule has 3 rings (SSSR count). The Bertz CT molecular complexity index is 1010. The number of aromatic amines is 1. The first-order valence-electron chi connectivity index (χ1n) is 7.19. The second kappa shape index (κ2) is 6.23. The van der Waals surface area contributed by atoms with Crippen molar-refractivity contribution in [2.75, 3.05) is 4.72 Å². The lowest BCUT2D eigenvalue weighted by Gasteiger charge is -2.10. The lowest BCUT2D eigenvalue weighted by atomic mass is 10.2. The predicted octanol–water partition coefficient (Wildman–Crippen LogP) is 4.52. The van der Waals surface area contributed by atoms with Crippen molar-refractivity contribution in [1.29, 1.82) is 0 Å². The van der Waals surface area contributed by atoms with Crippen LogP contribution in [0.3, 0.4) is 0 Å². The third kappa shape index (κ3) is 3.07. The van der Waals surface area contributed by atoms with Gasteiger partial charge in [-0.3, -0.25) is 9.82 Å². The lowest BCUT2D eigenvalue weighted by Crippen LogP contribution is -2.12. The molecule has 0 radical (unpaired) electrons. The zero-order valence-corrected chi connectivity index (χ0v) is 15.7. The van der Waals surface area contributed by atoms with Gasteiger partial charge in [-0.05, 0) is 56.2 Å². The molecule has 0 saturated carbocycles. The number of thiophene rings is 1. The largest absolute Gasteiger partial charge is 0.282 e. The Hall–Kier alpha value is -1.83. The van der Waals surface area contributed by atoms with Gasteiger partial charge in [0, 0.05) is 10.7 Å². The van der Waals surface area contributed by atoms with Gasteiger partial charge in [0.1, 0.15) is 9.90 Å². The van der Waals surface area contributed by atoms with Crippen molar-refractivity contribution in [3.05, 3.63) is 52.2 Å². The molecular weight excluding hydrogens is 366 g/mol. The van der Waals surface area contributed by atoms with Gasteiger partial charge in [0.05, 0.1) is 10.6 Å². The molecule has 0 fully saturated rings. The van der Waals surface area contributed by atoms with E-state index < -0.39 is 10.0 Å². The van der Waals surface area contributed by atoms with Crippen LogP contribution in [0.2, 0.25) is 5.02 Å². The molecule has 0 bridgehead atoms. The highest BCUT2D eigenvalue weighted by Gasteiger charge is 2.20. The van der Waals surface area contributed by atoms with Crippen LogP contribution in [0.5, 0.6) is 0 Å². The molecule has 2 aromatic heterocycles. The Morgan fingerprint density at radius 3 is 2.54 bits per heavy atom. The summed E-state index contributed by atoms with van der Waals surface area (Å²) in [7, 11) is -3.67. The van der Waals surface area contributed by atoms with Gasteiger partial charge in [0.15, 0.2) is 0 Å². The van der Waals surface area contributed by atoms with Crippen LogP contribution >= 0.6 is 22.9 Å². The van der Waals surface area contributed by atoms with E-state index in [0.717, 1.165) is 21.8 Å². The van der Waals surface area contributed by atoms with Crippen molar-refractivity contribution in [3.8, 4) is 10.6 Å². The van der Waals surface area contributed by atoms with E-state index in [2.05, 4.69) is 14.9 Å². The quantitative estimate of drug-likeness (QED) is 0.697. The molecule has 0 aliphatic carbocycles. The third-order valence-electron chi connectivity index (χ3n) is 3.84. The predicted molar refractivity (Wildman–Crippen MR) is 98.4 cm³/mol. The van der Waals surface area contributed by atoms with E-state index >= 15 is 0 Å². The monoisotopic (exact) mass is 381 g/mol. The molecule has 3 aromatic rings. The molecular formula is C16H16ClN3O2S2. The highest BCUT2D eigenvalue weighted by Crippen LogP contribution is 2.33. The number of sulfonamides is 1. The van der Waals surface area contributed by atoms with E-state index in [-0.39, 0.29) is 4.21 Å². The van der Waals surface area contributed by atoms with E-state index in [0.29, 0.717) is 16.3 Å². The Balaban J connectivity index is 1.94. The van der Waals surface area contributed by atoms with E-state index in [9.17, 15) is 8.42 Å². The normalized spacial score (nSPS) is 11.7. The van der Waals surface area contributed by atoms with Gasteiger partial charge in [-0.15, -0.1) is 11.3 Å². The summed E-state index contributed by atoms with van der Waals surface area (Å²) >= 11 is 7.23. The molecule has 0 saturated heterocycles. The van der Waals surface area contributed by atoms with E-state index in [1.165, 1.54) is 11.3 Å². The number of aryl methyl sites for hydroxylation is 1. The van der Waals surface area contributed by atoms with Gasteiger partial charge < -0.3 is 0 Å². The number of benzene rings is 1. The number of hydrogen-bond acceptors (Lipinski definition) is 4. The van der Waals surface area contributed by atoms with E-state index in [4.69, 9.17) is 11.6 Å². The number of anilines is 1. The van der Waals surface area contributed by atoms with Crippen molar-refractivity contribution in [2.45, 2.75) is 25.0 Å². The van der Waals surface area contributed by atoms with Crippen LogP contribution in [-0.2, 0) is 10.0 Å². The molecule has 0 aliphatic heterocycles. The molecule has 8 heteroatoms. The fourth-order valence-corrected chi connectivity index (χ4v) is 4.88. The van der Waals surface area contributed by atoms with Crippen LogP contribution in [0.1, 0.15) is 16.8 Å². The number of halogens is 1. The van der Waals surface area contributed by atoms with Crippen LogP contribution in [0.4, 0.5) is 5.69 Å². The topological polar surface area (TPSA) is 74.8 Å². The summed E-state index contributed by atoms with van der Waals surface area (Å²) in [6, 6.07) is 8.48. The standard InChI is InChI=1S/C16H16ClN3O2S2/c1-9-11(3)18-19-16(9)14-7-8-15(23-14)24(21,22)20-13-6-4-5-12(17)10(13)2/h4-8,20H,1-3H3,(H,18,19). The summed E-state index contributed by atoms with van der Waals surface area (Å²) in [5.41, 5.74) is 3.93. The minimum absolute atomic E-state index is 0.233. The molecule has 5 nitrogen and oxygen atoms in total. The molecule has 0 atom stereocenters. The van der Waals surface area contributed by atoms with Gasteiger partial charge in [-0.2, -0.15) is 5.10 Å². The summed E-state index contributed by atoms with van der Waals surface area (Å²) < 4.78 is 28.1. The zero-order chi connectivity index (χ0) is 17.5. The number of aromatic nitrogens is 2. The molecule has 0 amide bonds. The van der Waals surface area contributed by atoms with Crippen molar-refractivity contribution in [3.63, 3.8) is 0 Å². The first-order chi connectivity index (χ1) is 11.3. The second-order valence-corrected chi connectivity index (χ2v) is 8.86. The number of hydrogen-bond donors (Lipinski definition) is 2. The van der Waals surface area contributed by atoms with Crippen molar-refractivity contribution in [1.82, 2.24) is 10.2 Å². The summed E-state index contributed by atoms with van der Waals surface area (Å²) in [5, 5.41) is 7.68. The van der Waals surface area contributed by atoms with Crippen LogP contribution in [-0.4, -0.2) is 18.6 Å². The van der Waals surface area contributed by atoms with Crippen LogP contribution in [0.25, 0.3) is 10.6 Å². The fraction of sp³-hybridized carbons (Fsp3) is 0.188.